The van der Waals surface area contributed by atoms with Crippen LogP contribution in [-0.2, 0) is 21.3 Å². The lowest BCUT2D eigenvalue weighted by Crippen LogP contribution is -2.50. The summed E-state index contributed by atoms with van der Waals surface area (Å²) in [6.07, 6.45) is 4.01. The van der Waals surface area contributed by atoms with E-state index in [-0.39, 0.29) is 6.42 Å². The van der Waals surface area contributed by atoms with E-state index in [1.807, 2.05) is 0 Å². The molecule has 0 bridgehead atoms. The topological polar surface area (TPSA) is 135 Å². The fourth-order valence-corrected chi connectivity index (χ4v) is 13.8. The van der Waals surface area contributed by atoms with Crippen LogP contribution in [-0.4, -0.2) is 68.6 Å². The molecule has 0 radical (unpaired) electrons. The maximum Gasteiger partial charge on any atom is 0.464 e. The Balaban J connectivity index is 4.49. The van der Waals surface area contributed by atoms with E-state index < -0.39 is 49.1 Å². The van der Waals surface area contributed by atoms with E-state index in [9.17, 15) is 19.2 Å². The van der Waals surface area contributed by atoms with Crippen LogP contribution in [0.2, 0.25) is 32.2 Å². The van der Waals surface area contributed by atoms with Crippen molar-refractivity contribution in [1.82, 2.24) is 0 Å². The van der Waals surface area contributed by atoms with Crippen LogP contribution in [0.3, 0.4) is 0 Å². The van der Waals surface area contributed by atoms with E-state index in [2.05, 4.69) is 0 Å². The Labute approximate surface area is 182 Å². The predicted octanol–water partition coefficient (Wildman–Crippen LogP) is 1.71. The van der Waals surface area contributed by atoms with Crippen molar-refractivity contribution >= 4 is 71.2 Å². The third-order valence-corrected chi connectivity index (χ3v) is 17.0. The first-order valence-corrected chi connectivity index (χ1v) is 21.7. The fraction of sp³-hybridized carbons (Fsp3) is 0.917. The number of carboxylic acid groups (broad SMARTS) is 1. The van der Waals surface area contributed by atoms with Crippen molar-refractivity contribution in [1.29, 1.82) is 0 Å². The zero-order valence-electron chi connectivity index (χ0n) is 16.7. The van der Waals surface area contributed by atoms with Crippen LogP contribution in [0.4, 0.5) is 0 Å². The Bertz CT molecular complexity index is 462. The number of unbranched alkanes of at least 4 members (excludes halogenated alkanes) is 4. The van der Waals surface area contributed by atoms with Gasteiger partial charge in [0.15, 0.2) is 0 Å². The number of hydrogen-bond acceptors (Lipinski definition) is 8. The largest absolute Gasteiger partial charge is 0.481 e. The Morgan fingerprint density at radius 3 is 1.89 bits per heavy atom. The second-order valence-corrected chi connectivity index (χ2v) is 24.2. The number of carboxylic acids is 1. The maximum atomic E-state index is 10.5. The molecule has 0 aliphatic rings. The normalized spacial score (nSPS) is 15.5. The van der Waals surface area contributed by atoms with Gasteiger partial charge in [-0.15, -0.1) is 22.2 Å². The molecular weight excluding hydrogens is 499 g/mol. The zero-order chi connectivity index (χ0) is 22.0. The Kier molecular flexibility index (Phi) is 13.7. The number of hydrogen-bond donors (Lipinski definition) is 4. The molecule has 4 N–H and O–H groups in total. The van der Waals surface area contributed by atoms with Gasteiger partial charge in [-0.05, 0) is 38.7 Å². The van der Waals surface area contributed by atoms with E-state index in [0.29, 0.717) is 18.9 Å². The van der Waals surface area contributed by atoms with E-state index in [1.165, 1.54) is 26.2 Å². The summed E-state index contributed by atoms with van der Waals surface area (Å²) >= 11 is 12.6. The molecule has 2 unspecified atom stereocenters. The van der Waals surface area contributed by atoms with Crippen LogP contribution in [0, 0.1) is 0 Å². The van der Waals surface area contributed by atoms with Crippen LogP contribution < -0.4 is 0 Å². The molecule has 0 aromatic carbocycles. The summed E-state index contributed by atoms with van der Waals surface area (Å²) in [5.74, 6) is -0.797. The number of carbonyl (C=O) groups is 1. The molecule has 0 aliphatic heterocycles. The second-order valence-electron chi connectivity index (χ2n) is 7.28. The molecule has 168 valence electrons. The molecule has 0 spiro atoms. The Morgan fingerprint density at radius 1 is 0.893 bits per heavy atom. The molecule has 0 saturated carbocycles. The lowest BCUT2D eigenvalue weighted by atomic mass is 10.1. The smallest absolute Gasteiger partial charge is 0.464 e. The van der Waals surface area contributed by atoms with E-state index in [1.54, 1.807) is 0 Å². The van der Waals surface area contributed by atoms with E-state index in [4.69, 9.17) is 43.7 Å². The fourth-order valence-electron chi connectivity index (χ4n) is 2.02. The standard InChI is InChI=1S/C12H32Cl2O9Si5/c1-26(2,18)21-24(17)20-25(22-27(3,4)19)23-28(13,14)11-9-7-5-6-8-10-12(15)16/h17-19,24-25H,5-11H2,1-4H3,(H,15,16). The monoisotopic (exact) mass is 530 g/mol. The molecule has 0 aromatic heterocycles. The van der Waals surface area contributed by atoms with Gasteiger partial charge in [0.05, 0.1) is 0 Å². The molecular formula is C12H32Cl2O9Si5. The summed E-state index contributed by atoms with van der Waals surface area (Å²) in [5, 5.41) is 8.60. The van der Waals surface area contributed by atoms with Crippen molar-refractivity contribution in [3.05, 3.63) is 0 Å². The van der Waals surface area contributed by atoms with Crippen LogP contribution in [0.1, 0.15) is 38.5 Å². The number of rotatable bonds is 16. The van der Waals surface area contributed by atoms with Gasteiger partial charge < -0.3 is 36.0 Å². The van der Waals surface area contributed by atoms with Gasteiger partial charge in [-0.2, -0.15) is 0 Å². The minimum Gasteiger partial charge on any atom is -0.481 e. The first-order valence-electron chi connectivity index (χ1n) is 9.01. The van der Waals surface area contributed by atoms with Gasteiger partial charge in [0, 0.05) is 6.42 Å². The van der Waals surface area contributed by atoms with Gasteiger partial charge in [-0.3, -0.25) is 4.79 Å². The van der Waals surface area contributed by atoms with Gasteiger partial charge in [0.1, 0.15) is 0 Å². The molecule has 0 amide bonds. The van der Waals surface area contributed by atoms with E-state index >= 15 is 0 Å². The summed E-state index contributed by atoms with van der Waals surface area (Å²) in [5.41, 5.74) is 0. The molecule has 0 aromatic rings. The van der Waals surface area contributed by atoms with Crippen LogP contribution >= 0.6 is 22.2 Å². The first kappa shape index (κ1) is 28.9. The molecule has 0 rings (SSSR count). The molecule has 9 nitrogen and oxygen atoms in total. The minimum atomic E-state index is -3.23. The summed E-state index contributed by atoms with van der Waals surface area (Å²) in [4.78, 5) is 40.1. The second kappa shape index (κ2) is 13.3. The summed E-state index contributed by atoms with van der Waals surface area (Å²) in [6, 6.07) is 0.400. The van der Waals surface area contributed by atoms with Crippen molar-refractivity contribution in [2.45, 2.75) is 70.8 Å². The van der Waals surface area contributed by atoms with Crippen molar-refractivity contribution in [2.75, 3.05) is 0 Å². The summed E-state index contributed by atoms with van der Waals surface area (Å²) in [6.45, 7) is 2.79. The molecule has 0 heterocycles. The quantitative estimate of drug-likeness (QED) is 0.133. The highest BCUT2D eigenvalue weighted by atomic mass is 35.7. The summed E-state index contributed by atoms with van der Waals surface area (Å²) < 4.78 is 21.6. The summed E-state index contributed by atoms with van der Waals surface area (Å²) in [7, 11) is -12.3. The predicted molar refractivity (Wildman–Crippen MR) is 118 cm³/mol. The van der Waals surface area contributed by atoms with Gasteiger partial charge >= 0.3 is 49.1 Å². The average Bonchev–Trinajstić information content (AvgIpc) is 2.40. The highest BCUT2D eigenvalue weighted by Gasteiger charge is 2.41. The van der Waals surface area contributed by atoms with E-state index in [0.717, 1.165) is 19.3 Å². The molecule has 0 aliphatic carbocycles. The van der Waals surface area contributed by atoms with Crippen molar-refractivity contribution in [3.8, 4) is 0 Å². The highest BCUT2D eigenvalue weighted by Crippen LogP contribution is 2.27. The third-order valence-electron chi connectivity index (χ3n) is 3.13. The van der Waals surface area contributed by atoms with Gasteiger partial charge in [-0.25, -0.2) is 0 Å². The van der Waals surface area contributed by atoms with Crippen LogP contribution in [0.15, 0.2) is 0 Å². The lowest BCUT2D eigenvalue weighted by Gasteiger charge is -2.29. The van der Waals surface area contributed by atoms with Crippen LogP contribution in [0.5, 0.6) is 0 Å². The molecule has 16 heteroatoms. The Morgan fingerprint density at radius 2 is 1.39 bits per heavy atom. The SMILES string of the molecule is C[Si](C)(O)O[SiH](O)O[SiH](O[Si](C)(C)O)O[Si](Cl)(Cl)CCCCCCCC(=O)O. The van der Waals surface area contributed by atoms with Gasteiger partial charge in [0.25, 0.3) is 0 Å². The molecule has 28 heavy (non-hydrogen) atoms. The molecule has 2 atom stereocenters. The van der Waals surface area contributed by atoms with Gasteiger partial charge in [0.2, 0.25) is 0 Å². The minimum absolute atomic E-state index is 0.164. The number of halogens is 2. The van der Waals surface area contributed by atoms with Crippen molar-refractivity contribution < 1.29 is 40.7 Å². The van der Waals surface area contributed by atoms with Crippen molar-refractivity contribution in [2.24, 2.45) is 0 Å². The first-order chi connectivity index (χ1) is 12.6. The lowest BCUT2D eigenvalue weighted by molar-refractivity contribution is -0.137. The highest BCUT2D eigenvalue weighted by molar-refractivity contribution is 7.43. The third kappa shape index (κ3) is 18.9. The molecule has 0 saturated heterocycles. The van der Waals surface area contributed by atoms with Gasteiger partial charge in [-0.1, -0.05) is 25.7 Å². The Hall–Kier alpha value is 0.854. The average molecular weight is 532 g/mol. The number of aliphatic carboxylic acids is 1. The maximum absolute atomic E-state index is 10.5. The van der Waals surface area contributed by atoms with Crippen LogP contribution in [0.25, 0.3) is 0 Å². The zero-order valence-corrected chi connectivity index (χ0v) is 23.5. The van der Waals surface area contributed by atoms with Crippen molar-refractivity contribution in [3.63, 3.8) is 0 Å². The molecule has 0 fully saturated rings.